The summed E-state index contributed by atoms with van der Waals surface area (Å²) < 4.78 is 0. The summed E-state index contributed by atoms with van der Waals surface area (Å²) in [4.78, 5) is 33.6. The van der Waals surface area contributed by atoms with Crippen LogP contribution >= 0.6 is 0 Å². The molecular weight excluding hydrogens is 156 g/mol. The normalized spacial score (nSPS) is 27.8. The van der Waals surface area contributed by atoms with Gasteiger partial charge in [0.25, 0.3) is 0 Å². The summed E-state index contributed by atoms with van der Waals surface area (Å²) in [6, 6.07) is 0. The number of carbonyl (C=O) groups is 3. The van der Waals surface area contributed by atoms with Crippen molar-refractivity contribution in [1.29, 1.82) is 0 Å². The monoisotopic (exact) mass is 168 g/mol. The average molecular weight is 168 g/mol. The van der Waals surface area contributed by atoms with Crippen molar-refractivity contribution < 1.29 is 14.4 Å². The second-order valence-electron chi connectivity index (χ2n) is 3.93. The second-order valence-corrected chi connectivity index (χ2v) is 3.93. The lowest BCUT2D eigenvalue weighted by molar-refractivity contribution is -0.136. The van der Waals surface area contributed by atoms with Crippen molar-refractivity contribution in [2.75, 3.05) is 0 Å². The van der Waals surface area contributed by atoms with Crippen LogP contribution in [0.25, 0.3) is 0 Å². The van der Waals surface area contributed by atoms with Crippen LogP contribution in [0.1, 0.15) is 27.2 Å². The Morgan fingerprint density at radius 1 is 1.42 bits per heavy atom. The quantitative estimate of drug-likeness (QED) is 0.543. The Labute approximate surface area is 71.1 Å². The Balaban J connectivity index is 3.01. The number of hydrogen-bond acceptors (Lipinski definition) is 3. The molecule has 0 amide bonds. The lowest BCUT2D eigenvalue weighted by atomic mass is 9.88. The Morgan fingerprint density at radius 3 is 2.08 bits per heavy atom. The number of Topliss-reactive ketones (excluding diaryl/α,β-unsaturated/α-hetero) is 3. The minimum atomic E-state index is -0.972. The highest BCUT2D eigenvalue weighted by molar-refractivity contribution is 6.24. The minimum Gasteiger partial charge on any atom is -0.299 e. The zero-order valence-corrected chi connectivity index (χ0v) is 7.51. The summed E-state index contributed by atoms with van der Waals surface area (Å²) in [5, 5.41) is 0. The molecule has 12 heavy (non-hydrogen) atoms. The fourth-order valence-electron chi connectivity index (χ4n) is 1.57. The maximum absolute atomic E-state index is 11.4. The summed E-state index contributed by atoms with van der Waals surface area (Å²) in [6.07, 6.45) is 0.204. The Morgan fingerprint density at radius 2 is 1.92 bits per heavy atom. The van der Waals surface area contributed by atoms with E-state index >= 15 is 0 Å². The molecule has 1 saturated carbocycles. The first-order valence-electron chi connectivity index (χ1n) is 3.94. The van der Waals surface area contributed by atoms with Gasteiger partial charge in [-0.3, -0.25) is 14.4 Å². The van der Waals surface area contributed by atoms with Crippen LogP contribution in [0.15, 0.2) is 0 Å². The van der Waals surface area contributed by atoms with E-state index in [2.05, 4.69) is 0 Å². The van der Waals surface area contributed by atoms with E-state index < -0.39 is 11.3 Å². The van der Waals surface area contributed by atoms with Crippen LogP contribution in [0, 0.1) is 11.3 Å². The number of ketones is 3. The molecule has 0 spiro atoms. The first-order chi connectivity index (χ1) is 5.36. The maximum Gasteiger partial charge on any atom is 0.156 e. The van der Waals surface area contributed by atoms with Crippen molar-refractivity contribution in [2.24, 2.45) is 11.3 Å². The van der Waals surface area contributed by atoms with Crippen molar-refractivity contribution >= 4 is 17.3 Å². The van der Waals surface area contributed by atoms with Crippen molar-refractivity contribution in [3.05, 3.63) is 0 Å². The fraction of sp³-hybridized carbons (Fsp3) is 0.667. The van der Waals surface area contributed by atoms with Gasteiger partial charge in [0.15, 0.2) is 11.6 Å². The van der Waals surface area contributed by atoms with Gasteiger partial charge in [-0.2, -0.15) is 0 Å². The molecule has 0 saturated heterocycles. The van der Waals surface area contributed by atoms with Gasteiger partial charge in [-0.25, -0.2) is 0 Å². The molecule has 0 heterocycles. The van der Waals surface area contributed by atoms with Gasteiger partial charge >= 0.3 is 0 Å². The molecule has 1 fully saturated rings. The summed E-state index contributed by atoms with van der Waals surface area (Å²) >= 11 is 0. The van der Waals surface area contributed by atoms with Crippen molar-refractivity contribution in [2.45, 2.75) is 27.2 Å². The van der Waals surface area contributed by atoms with E-state index in [-0.39, 0.29) is 23.8 Å². The fourth-order valence-corrected chi connectivity index (χ4v) is 1.57. The van der Waals surface area contributed by atoms with Crippen LogP contribution in [0.5, 0.6) is 0 Å². The zero-order valence-electron chi connectivity index (χ0n) is 7.51. The van der Waals surface area contributed by atoms with Crippen LogP contribution in [0.3, 0.4) is 0 Å². The highest BCUT2D eigenvalue weighted by atomic mass is 16.2. The third kappa shape index (κ3) is 1.19. The highest BCUT2D eigenvalue weighted by Crippen LogP contribution is 2.35. The van der Waals surface area contributed by atoms with Crippen LogP contribution < -0.4 is 0 Å². The molecule has 0 aromatic rings. The lowest BCUT2D eigenvalue weighted by Gasteiger charge is -2.12. The summed E-state index contributed by atoms with van der Waals surface area (Å²) in [5.74, 6) is -1.74. The molecule has 0 aliphatic heterocycles. The van der Waals surface area contributed by atoms with Crippen LogP contribution in [-0.2, 0) is 14.4 Å². The van der Waals surface area contributed by atoms with Gasteiger partial charge in [-0.15, -0.1) is 0 Å². The smallest absolute Gasteiger partial charge is 0.156 e. The maximum atomic E-state index is 11.4. The van der Waals surface area contributed by atoms with Crippen molar-refractivity contribution in [1.82, 2.24) is 0 Å². The zero-order chi connectivity index (χ0) is 9.52. The minimum absolute atomic E-state index is 0.204. The number of hydrogen-bond donors (Lipinski definition) is 0. The molecule has 1 rings (SSSR count). The van der Waals surface area contributed by atoms with Crippen LogP contribution in [0.4, 0.5) is 0 Å². The van der Waals surface area contributed by atoms with Gasteiger partial charge < -0.3 is 0 Å². The standard InChI is InChI=1S/C9H12O3/c1-5(10)7-6(11)4-9(2,3)8(7)12/h7H,4H2,1-3H3. The predicted octanol–water partition coefficient (Wildman–Crippen LogP) is 0.760. The molecule has 0 N–H and O–H groups in total. The first kappa shape index (κ1) is 9.10. The Hall–Kier alpha value is -0.990. The molecule has 1 unspecified atom stereocenters. The Kier molecular flexibility index (Phi) is 1.90. The van der Waals surface area contributed by atoms with E-state index in [1.54, 1.807) is 13.8 Å². The molecule has 3 heteroatoms. The third-order valence-electron chi connectivity index (χ3n) is 2.27. The predicted molar refractivity (Wildman–Crippen MR) is 42.6 cm³/mol. The van der Waals surface area contributed by atoms with Gasteiger partial charge in [0.05, 0.1) is 0 Å². The van der Waals surface area contributed by atoms with Crippen LogP contribution in [0.2, 0.25) is 0 Å². The van der Waals surface area contributed by atoms with Gasteiger partial charge in [0.2, 0.25) is 0 Å². The van der Waals surface area contributed by atoms with Crippen LogP contribution in [-0.4, -0.2) is 17.3 Å². The molecular formula is C9H12O3. The van der Waals surface area contributed by atoms with Gasteiger partial charge in [-0.1, -0.05) is 13.8 Å². The topological polar surface area (TPSA) is 51.2 Å². The summed E-state index contributed by atoms with van der Waals surface area (Å²) in [5.41, 5.74) is -0.632. The molecule has 0 bridgehead atoms. The molecule has 66 valence electrons. The Bertz CT molecular complexity index is 263. The van der Waals surface area contributed by atoms with E-state index in [1.165, 1.54) is 6.92 Å². The highest BCUT2D eigenvalue weighted by Gasteiger charge is 2.48. The molecule has 1 aliphatic rings. The summed E-state index contributed by atoms with van der Waals surface area (Å²) in [6.45, 7) is 4.70. The number of rotatable bonds is 1. The molecule has 1 atom stereocenters. The molecule has 0 aromatic carbocycles. The van der Waals surface area contributed by atoms with E-state index in [9.17, 15) is 14.4 Å². The van der Waals surface area contributed by atoms with Crippen molar-refractivity contribution in [3.63, 3.8) is 0 Å². The second kappa shape index (κ2) is 2.51. The van der Waals surface area contributed by atoms with Gasteiger partial charge in [0, 0.05) is 11.8 Å². The van der Waals surface area contributed by atoms with Gasteiger partial charge in [-0.05, 0) is 6.92 Å². The summed E-state index contributed by atoms with van der Waals surface area (Å²) in [7, 11) is 0. The molecule has 1 aliphatic carbocycles. The number of carbonyl (C=O) groups excluding carboxylic acids is 3. The van der Waals surface area contributed by atoms with E-state index in [1.807, 2.05) is 0 Å². The van der Waals surface area contributed by atoms with Crippen molar-refractivity contribution in [3.8, 4) is 0 Å². The van der Waals surface area contributed by atoms with E-state index in [0.29, 0.717) is 0 Å². The molecule has 0 aromatic heterocycles. The van der Waals surface area contributed by atoms with Gasteiger partial charge in [0.1, 0.15) is 11.7 Å². The first-order valence-corrected chi connectivity index (χ1v) is 3.94. The average Bonchev–Trinajstić information content (AvgIpc) is 2.02. The third-order valence-corrected chi connectivity index (χ3v) is 2.27. The molecule has 0 radical (unpaired) electrons. The van der Waals surface area contributed by atoms with E-state index in [4.69, 9.17) is 0 Å². The van der Waals surface area contributed by atoms with E-state index in [0.717, 1.165) is 0 Å². The lowest BCUT2D eigenvalue weighted by Crippen LogP contribution is -2.27. The molecule has 3 nitrogen and oxygen atoms in total. The largest absolute Gasteiger partial charge is 0.299 e. The SMILES string of the molecule is CC(=O)C1C(=O)CC(C)(C)C1=O.